The second-order valence-corrected chi connectivity index (χ2v) is 3.06. The molecule has 0 aromatic rings. The Hall–Kier alpha value is -0.666. The Morgan fingerprint density at radius 1 is 1.33 bits per heavy atom. The van der Waals surface area contributed by atoms with Gasteiger partial charge in [0.05, 0.1) is 0 Å². The zero-order chi connectivity index (χ0) is 9.56. The van der Waals surface area contributed by atoms with Crippen LogP contribution in [0.25, 0.3) is 0 Å². The quantitative estimate of drug-likeness (QED) is 0.490. The fourth-order valence-corrected chi connectivity index (χ4v) is 1.15. The highest BCUT2D eigenvalue weighted by Crippen LogP contribution is 1.97. The van der Waals surface area contributed by atoms with E-state index >= 15 is 0 Å². The van der Waals surface area contributed by atoms with Crippen LogP contribution in [0.15, 0.2) is 0 Å². The van der Waals surface area contributed by atoms with E-state index in [1.165, 1.54) is 0 Å². The highest BCUT2D eigenvalue weighted by molar-refractivity contribution is 6.06. The van der Waals surface area contributed by atoms with E-state index in [9.17, 15) is 9.59 Å². The smallest absolute Gasteiger partial charge is 0.308 e. The molecule has 0 aliphatic carbocycles. The summed E-state index contributed by atoms with van der Waals surface area (Å²) in [5.41, 5.74) is 5.38. The number of carbonyl (C=O) groups excluding carboxylic acids is 2. The second-order valence-electron chi connectivity index (χ2n) is 2.24. The topological polar surface area (TPSA) is 78.6 Å². The first-order valence-electron chi connectivity index (χ1n) is 3.52. The number of hydrogen-bond donors (Lipinski definition) is 1. The van der Waals surface area contributed by atoms with E-state index in [1.54, 1.807) is 0 Å². The first-order valence-corrected chi connectivity index (χ1v) is 5.15. The van der Waals surface area contributed by atoms with Crippen molar-refractivity contribution in [2.75, 3.05) is 0 Å². The van der Waals surface area contributed by atoms with Gasteiger partial charge in [-0.1, -0.05) is 0 Å². The minimum Gasteiger partial charge on any atom is -0.529 e. The molecule has 0 aliphatic rings. The molecule has 12 heavy (non-hydrogen) atoms. The van der Waals surface area contributed by atoms with Gasteiger partial charge in [-0.25, -0.2) is 0 Å². The van der Waals surface area contributed by atoms with Gasteiger partial charge in [-0.3, -0.25) is 9.59 Å². The minimum absolute atomic E-state index is 0.182. The third-order valence-corrected chi connectivity index (χ3v) is 2.25. The van der Waals surface area contributed by atoms with Crippen molar-refractivity contribution in [1.82, 2.24) is 0 Å². The molecule has 0 spiro atoms. The van der Waals surface area contributed by atoms with E-state index in [0.717, 1.165) is 0 Å². The summed E-state index contributed by atoms with van der Waals surface area (Å²) < 4.78 is 9.02. The number of hydrogen-bond acceptors (Lipinski definition) is 5. The van der Waals surface area contributed by atoms with Crippen molar-refractivity contribution in [3.8, 4) is 0 Å². The molecule has 0 bridgehead atoms. The highest BCUT2D eigenvalue weighted by Gasteiger charge is 2.14. The van der Waals surface area contributed by atoms with E-state index in [1.807, 2.05) is 0 Å². The van der Waals surface area contributed by atoms with Gasteiger partial charge in [0.2, 0.25) is 21.0 Å². The largest absolute Gasteiger partial charge is 0.529 e. The lowest BCUT2D eigenvalue weighted by Crippen LogP contribution is -2.32. The van der Waals surface area contributed by atoms with Crippen LogP contribution in [0.2, 0.25) is 0 Å². The summed E-state index contributed by atoms with van der Waals surface area (Å²) in [6.45, 7) is 0. The molecule has 5 nitrogen and oxygen atoms in total. The molecule has 1 atom stereocenters. The van der Waals surface area contributed by atoms with E-state index in [0.29, 0.717) is 27.4 Å². The molecule has 0 radical (unpaired) electrons. The van der Waals surface area contributed by atoms with Crippen molar-refractivity contribution in [3.63, 3.8) is 0 Å². The fourth-order valence-electron chi connectivity index (χ4n) is 0.645. The van der Waals surface area contributed by atoms with Gasteiger partial charge in [-0.15, -0.1) is 0 Å². The number of nitrogens with two attached hydrogens (primary N) is 1. The van der Waals surface area contributed by atoms with Crippen molar-refractivity contribution >= 4 is 32.9 Å². The van der Waals surface area contributed by atoms with Crippen LogP contribution < -0.4 is 5.73 Å². The molecule has 0 aromatic heterocycles. The van der Waals surface area contributed by atoms with Crippen molar-refractivity contribution in [2.45, 2.75) is 18.9 Å². The first kappa shape index (κ1) is 11.3. The summed E-state index contributed by atoms with van der Waals surface area (Å²) in [6.07, 6.45) is 0.476. The molecule has 0 aliphatic heterocycles. The third kappa shape index (κ3) is 4.26. The second kappa shape index (κ2) is 5.92. The third-order valence-electron chi connectivity index (χ3n) is 1.39. The molecule has 0 fully saturated rings. The van der Waals surface area contributed by atoms with Gasteiger partial charge in [-0.05, 0) is 6.42 Å². The number of carbonyl (C=O) groups is 2. The predicted molar refractivity (Wildman–Crippen MR) is 49.3 cm³/mol. The lowest BCUT2D eigenvalue weighted by atomic mass is 10.2. The molecule has 2 N–H and O–H groups in total. The average Bonchev–Trinajstić information content (AvgIpc) is 2.11. The van der Waals surface area contributed by atoms with Gasteiger partial charge >= 0.3 is 5.97 Å². The Labute approximate surface area is 76.7 Å². The average molecular weight is 207 g/mol. The van der Waals surface area contributed by atoms with Crippen molar-refractivity contribution in [3.05, 3.63) is 0 Å². The van der Waals surface area contributed by atoms with Gasteiger partial charge in [0.15, 0.2) is 0 Å². The van der Waals surface area contributed by atoms with Gasteiger partial charge in [-0.2, -0.15) is 0 Å². The number of rotatable bonds is 4. The Morgan fingerprint density at radius 3 is 2.33 bits per heavy atom. The first-order chi connectivity index (χ1) is 5.61. The van der Waals surface area contributed by atoms with E-state index in [2.05, 4.69) is 8.85 Å². The van der Waals surface area contributed by atoms with Crippen LogP contribution in [0, 0.1) is 0 Å². The summed E-state index contributed by atoms with van der Waals surface area (Å²) >= 11 is 0. The Balaban J connectivity index is 3.63. The summed E-state index contributed by atoms with van der Waals surface area (Å²) in [5, 5.41) is 0. The van der Waals surface area contributed by atoms with Crippen LogP contribution in [-0.4, -0.2) is 39.0 Å². The predicted octanol–water partition coefficient (Wildman–Crippen LogP) is -3.26. The van der Waals surface area contributed by atoms with E-state index < -0.39 is 12.0 Å². The molecule has 0 amide bonds. The molecule has 0 rings (SSSR count). The Morgan fingerprint density at radius 2 is 1.92 bits per heavy atom. The zero-order valence-corrected chi connectivity index (χ0v) is 11.2. The maximum atomic E-state index is 10.8. The highest BCUT2D eigenvalue weighted by atomic mass is 28.2. The lowest BCUT2D eigenvalue weighted by Gasteiger charge is -2.07. The molecule has 70 valence electrons. The van der Waals surface area contributed by atoms with Crippen LogP contribution in [0.5, 0.6) is 0 Å². The summed E-state index contributed by atoms with van der Waals surface area (Å²) in [5.74, 6) is -0.749. The molecule has 0 saturated heterocycles. The summed E-state index contributed by atoms with van der Waals surface area (Å²) in [6, 6.07) is -0.691. The molecule has 0 saturated carbocycles. The normalized spacial score (nSPS) is 12.4. The van der Waals surface area contributed by atoms with Gasteiger partial charge in [0.1, 0.15) is 6.04 Å². The Bertz CT molecular complexity index is 175. The van der Waals surface area contributed by atoms with Gasteiger partial charge < -0.3 is 14.6 Å². The SMILES string of the molecule is N[C@@H](CCC(=O)O[SiH3])C(=O)O[SiH3]. The zero-order valence-electron chi connectivity index (χ0n) is 7.20. The van der Waals surface area contributed by atoms with E-state index in [4.69, 9.17) is 5.73 Å². The van der Waals surface area contributed by atoms with Gasteiger partial charge in [0, 0.05) is 6.42 Å². The Kier molecular flexibility index (Phi) is 5.59. The molecular weight excluding hydrogens is 194 g/mol. The van der Waals surface area contributed by atoms with Crippen LogP contribution >= 0.6 is 0 Å². The van der Waals surface area contributed by atoms with Crippen LogP contribution in [0.3, 0.4) is 0 Å². The van der Waals surface area contributed by atoms with E-state index in [-0.39, 0.29) is 12.4 Å². The van der Waals surface area contributed by atoms with Crippen molar-refractivity contribution in [1.29, 1.82) is 0 Å². The molecule has 0 unspecified atom stereocenters. The molecule has 0 aromatic carbocycles. The minimum atomic E-state index is -0.691. The van der Waals surface area contributed by atoms with Crippen LogP contribution in [0.1, 0.15) is 12.8 Å². The molecule has 0 heterocycles. The maximum Gasteiger partial charge on any atom is 0.308 e. The summed E-state index contributed by atoms with van der Waals surface area (Å²) in [7, 11) is 0.717. The maximum absolute atomic E-state index is 10.8. The molecule has 7 heteroatoms. The molecular formula is C5H13NO4Si2. The standard InChI is InChI=1S/C5H13NO4Si2/c6-3(5(8)10-12)1-2-4(7)9-11/h3H,1-2,6H2,11-12H3/t3-/m0/s1. The lowest BCUT2D eigenvalue weighted by molar-refractivity contribution is -0.136. The summed E-state index contributed by atoms with van der Waals surface area (Å²) in [4.78, 5) is 21.4. The van der Waals surface area contributed by atoms with Crippen molar-refractivity contribution < 1.29 is 18.4 Å². The van der Waals surface area contributed by atoms with Crippen LogP contribution in [0.4, 0.5) is 0 Å². The monoisotopic (exact) mass is 207 g/mol. The van der Waals surface area contributed by atoms with Crippen LogP contribution in [-0.2, 0) is 18.4 Å². The fraction of sp³-hybridized carbons (Fsp3) is 0.600. The van der Waals surface area contributed by atoms with Gasteiger partial charge in [0.25, 0.3) is 5.97 Å². The van der Waals surface area contributed by atoms with Crippen molar-refractivity contribution in [2.24, 2.45) is 5.73 Å².